The number of aromatic hydroxyl groups is 1. The topological polar surface area (TPSA) is 77.8 Å². The third-order valence-corrected chi connectivity index (χ3v) is 4.82. The molecule has 0 bridgehead atoms. The van der Waals surface area contributed by atoms with Crippen molar-refractivity contribution in [1.82, 2.24) is 0 Å². The Balaban J connectivity index is 1.97. The summed E-state index contributed by atoms with van der Waals surface area (Å²) in [6.07, 6.45) is 0. The highest BCUT2D eigenvalue weighted by molar-refractivity contribution is 6.51. The zero-order chi connectivity index (χ0) is 20.5. The number of nitrogens with zero attached hydrogens (tertiary/aromatic N) is 1. The number of benzene rings is 3. The smallest absolute Gasteiger partial charge is 0.300 e. The van der Waals surface area contributed by atoms with Crippen molar-refractivity contribution in [2.24, 2.45) is 0 Å². The number of Topliss-reactive ketones (excluding diaryl/α,β-unsaturated/α-hetero) is 1. The molecule has 0 spiro atoms. The largest absolute Gasteiger partial charge is 0.508 e. The lowest BCUT2D eigenvalue weighted by Crippen LogP contribution is -2.29. The molecule has 29 heavy (non-hydrogen) atoms. The average Bonchev–Trinajstić information content (AvgIpc) is 3.00. The first-order valence-electron chi connectivity index (χ1n) is 8.89. The SMILES string of the molecule is O=C1C(=O)N(c2ccc(O)cc2)C(c2ccccc2F)C1=C(O)c1ccccc1. The summed E-state index contributed by atoms with van der Waals surface area (Å²) in [7, 11) is 0. The van der Waals surface area contributed by atoms with Crippen LogP contribution in [0.5, 0.6) is 5.75 Å². The van der Waals surface area contributed by atoms with Gasteiger partial charge in [-0.3, -0.25) is 14.5 Å². The standard InChI is InChI=1S/C23H16FNO4/c24-18-9-5-4-8-17(18)20-19(21(27)14-6-2-1-3-7-14)22(28)23(29)25(20)15-10-12-16(26)13-11-15/h1-13,20,26-27H. The number of ketones is 1. The Hall–Kier alpha value is -3.93. The van der Waals surface area contributed by atoms with E-state index in [2.05, 4.69) is 0 Å². The number of hydrogen-bond donors (Lipinski definition) is 2. The molecule has 1 amide bonds. The number of rotatable bonds is 3. The van der Waals surface area contributed by atoms with E-state index < -0.39 is 23.5 Å². The maximum absolute atomic E-state index is 14.7. The lowest BCUT2D eigenvalue weighted by molar-refractivity contribution is -0.132. The van der Waals surface area contributed by atoms with Gasteiger partial charge in [-0.2, -0.15) is 0 Å². The normalized spacial score (nSPS) is 18.2. The first-order valence-corrected chi connectivity index (χ1v) is 8.89. The quantitative estimate of drug-likeness (QED) is 0.401. The maximum Gasteiger partial charge on any atom is 0.300 e. The number of halogens is 1. The Morgan fingerprint density at radius 2 is 1.48 bits per heavy atom. The minimum Gasteiger partial charge on any atom is -0.508 e. The van der Waals surface area contributed by atoms with Gasteiger partial charge in [0.05, 0.1) is 11.6 Å². The number of amides is 1. The van der Waals surface area contributed by atoms with E-state index in [1.165, 1.54) is 42.5 Å². The summed E-state index contributed by atoms with van der Waals surface area (Å²) in [5, 5.41) is 20.4. The van der Waals surface area contributed by atoms with E-state index in [4.69, 9.17) is 0 Å². The molecule has 3 aromatic rings. The van der Waals surface area contributed by atoms with E-state index in [1.807, 2.05) is 0 Å². The van der Waals surface area contributed by atoms with Crippen molar-refractivity contribution in [2.45, 2.75) is 6.04 Å². The zero-order valence-corrected chi connectivity index (χ0v) is 15.1. The Labute approximate surface area is 166 Å². The summed E-state index contributed by atoms with van der Waals surface area (Å²) in [5.41, 5.74) is 0.527. The molecule has 4 rings (SSSR count). The van der Waals surface area contributed by atoms with Crippen LogP contribution < -0.4 is 4.90 Å². The molecule has 1 aliphatic rings. The zero-order valence-electron chi connectivity index (χ0n) is 15.1. The molecule has 0 saturated carbocycles. The van der Waals surface area contributed by atoms with E-state index in [-0.39, 0.29) is 22.6 Å². The van der Waals surface area contributed by atoms with Crippen molar-refractivity contribution < 1.29 is 24.2 Å². The van der Waals surface area contributed by atoms with Crippen LogP contribution in [-0.2, 0) is 9.59 Å². The molecule has 1 heterocycles. The fourth-order valence-corrected chi connectivity index (χ4v) is 3.45. The van der Waals surface area contributed by atoms with Crippen LogP contribution in [0.15, 0.2) is 84.4 Å². The second kappa shape index (κ2) is 7.24. The highest BCUT2D eigenvalue weighted by Crippen LogP contribution is 2.43. The number of carbonyl (C=O) groups is 2. The molecule has 5 nitrogen and oxygen atoms in total. The number of phenols is 1. The third-order valence-electron chi connectivity index (χ3n) is 4.82. The molecule has 0 radical (unpaired) electrons. The van der Waals surface area contributed by atoms with Gasteiger partial charge in [-0.15, -0.1) is 0 Å². The average molecular weight is 389 g/mol. The van der Waals surface area contributed by atoms with Gasteiger partial charge in [-0.25, -0.2) is 4.39 Å². The number of anilines is 1. The van der Waals surface area contributed by atoms with Crippen LogP contribution in [0.1, 0.15) is 17.2 Å². The van der Waals surface area contributed by atoms with Gasteiger partial charge in [-0.05, 0) is 30.3 Å². The lowest BCUT2D eigenvalue weighted by Gasteiger charge is -2.25. The molecular formula is C23H16FNO4. The summed E-state index contributed by atoms with van der Waals surface area (Å²) < 4.78 is 14.7. The summed E-state index contributed by atoms with van der Waals surface area (Å²) in [6, 6.07) is 18.6. The maximum atomic E-state index is 14.7. The van der Waals surface area contributed by atoms with Gasteiger partial charge in [-0.1, -0.05) is 48.5 Å². The van der Waals surface area contributed by atoms with Crippen molar-refractivity contribution in [3.05, 3.63) is 101 Å². The first-order chi connectivity index (χ1) is 14.0. The van der Waals surface area contributed by atoms with Crippen LogP contribution in [0, 0.1) is 5.82 Å². The van der Waals surface area contributed by atoms with Crippen molar-refractivity contribution in [3.8, 4) is 5.75 Å². The lowest BCUT2D eigenvalue weighted by atomic mass is 9.94. The molecule has 2 N–H and O–H groups in total. The predicted octanol–water partition coefficient (Wildman–Crippen LogP) is 4.16. The van der Waals surface area contributed by atoms with Crippen LogP contribution in [0.2, 0.25) is 0 Å². The van der Waals surface area contributed by atoms with Gasteiger partial charge in [0.25, 0.3) is 11.7 Å². The minimum atomic E-state index is -1.15. The van der Waals surface area contributed by atoms with Gasteiger partial charge < -0.3 is 10.2 Å². The van der Waals surface area contributed by atoms with Crippen molar-refractivity contribution in [3.63, 3.8) is 0 Å². The summed E-state index contributed by atoms with van der Waals surface area (Å²) in [5.74, 6) is -2.80. The molecule has 1 unspecified atom stereocenters. The van der Waals surface area contributed by atoms with Crippen molar-refractivity contribution in [1.29, 1.82) is 0 Å². The molecule has 6 heteroatoms. The predicted molar refractivity (Wildman–Crippen MR) is 106 cm³/mol. The molecule has 0 aromatic heterocycles. The highest BCUT2D eigenvalue weighted by Gasteiger charge is 2.47. The summed E-state index contributed by atoms with van der Waals surface area (Å²) >= 11 is 0. The molecule has 1 aliphatic heterocycles. The Morgan fingerprint density at radius 3 is 2.14 bits per heavy atom. The van der Waals surface area contributed by atoms with Crippen LogP contribution in [0.4, 0.5) is 10.1 Å². The first kappa shape index (κ1) is 18.4. The van der Waals surface area contributed by atoms with Gasteiger partial charge in [0.2, 0.25) is 0 Å². The molecular weight excluding hydrogens is 373 g/mol. The fraction of sp³-hybridized carbons (Fsp3) is 0.0435. The van der Waals surface area contributed by atoms with Crippen molar-refractivity contribution in [2.75, 3.05) is 4.90 Å². The molecule has 0 aliphatic carbocycles. The minimum absolute atomic E-state index is 0.0166. The van der Waals surface area contributed by atoms with Crippen LogP contribution >= 0.6 is 0 Å². The Kier molecular flexibility index (Phi) is 4.60. The van der Waals surface area contributed by atoms with Gasteiger partial charge in [0.15, 0.2) is 0 Å². The Bertz CT molecular complexity index is 1120. The number of aliphatic hydroxyl groups is 1. The number of aliphatic hydroxyl groups excluding tert-OH is 1. The van der Waals surface area contributed by atoms with Crippen LogP contribution in [0.25, 0.3) is 5.76 Å². The molecule has 1 atom stereocenters. The summed E-state index contributed by atoms with van der Waals surface area (Å²) in [4.78, 5) is 26.9. The van der Waals surface area contributed by atoms with Crippen LogP contribution in [0.3, 0.4) is 0 Å². The number of phenolic OH excluding ortho intramolecular Hbond substituents is 1. The summed E-state index contributed by atoms with van der Waals surface area (Å²) in [6.45, 7) is 0. The van der Waals surface area contributed by atoms with E-state index in [0.717, 1.165) is 4.90 Å². The fourth-order valence-electron chi connectivity index (χ4n) is 3.45. The molecule has 1 fully saturated rings. The van der Waals surface area contributed by atoms with Crippen molar-refractivity contribution >= 4 is 23.1 Å². The molecule has 3 aromatic carbocycles. The second-order valence-electron chi connectivity index (χ2n) is 6.57. The molecule has 144 valence electrons. The van der Waals surface area contributed by atoms with Gasteiger partial charge >= 0.3 is 0 Å². The van der Waals surface area contributed by atoms with E-state index in [9.17, 15) is 24.2 Å². The number of carbonyl (C=O) groups excluding carboxylic acids is 2. The highest BCUT2D eigenvalue weighted by atomic mass is 19.1. The Morgan fingerprint density at radius 1 is 0.862 bits per heavy atom. The van der Waals surface area contributed by atoms with E-state index in [0.29, 0.717) is 11.3 Å². The van der Waals surface area contributed by atoms with Gasteiger partial charge in [0, 0.05) is 16.8 Å². The van der Waals surface area contributed by atoms with E-state index >= 15 is 0 Å². The van der Waals surface area contributed by atoms with Crippen LogP contribution in [-0.4, -0.2) is 21.9 Å². The second-order valence-corrected chi connectivity index (χ2v) is 6.57. The number of hydrogen-bond acceptors (Lipinski definition) is 4. The van der Waals surface area contributed by atoms with Gasteiger partial charge in [0.1, 0.15) is 17.3 Å². The monoisotopic (exact) mass is 389 g/mol. The molecule has 1 saturated heterocycles. The van der Waals surface area contributed by atoms with E-state index in [1.54, 1.807) is 36.4 Å². The third kappa shape index (κ3) is 3.14.